The van der Waals surface area contributed by atoms with Crippen molar-refractivity contribution in [3.8, 4) is 17.2 Å². The van der Waals surface area contributed by atoms with E-state index >= 15 is 0 Å². The molecule has 0 unspecified atom stereocenters. The van der Waals surface area contributed by atoms with Crippen LogP contribution >= 0.6 is 11.3 Å². The van der Waals surface area contributed by atoms with E-state index in [1.54, 1.807) is 31.3 Å². The Bertz CT molecular complexity index is 1040. The van der Waals surface area contributed by atoms with Gasteiger partial charge in [-0.1, -0.05) is 12.1 Å². The van der Waals surface area contributed by atoms with Crippen molar-refractivity contribution in [2.75, 3.05) is 26.6 Å². The Labute approximate surface area is 172 Å². The fourth-order valence-electron chi connectivity index (χ4n) is 2.84. The van der Waals surface area contributed by atoms with Crippen LogP contribution in [0.25, 0.3) is 0 Å². The molecular weight excluding hydrogens is 395 g/mol. The summed E-state index contributed by atoms with van der Waals surface area (Å²) in [6.45, 7) is 1.72. The van der Waals surface area contributed by atoms with Gasteiger partial charge in [-0.25, -0.2) is 9.37 Å². The zero-order valence-corrected chi connectivity index (χ0v) is 17.4. The molecule has 0 saturated carbocycles. The second-order valence-electron chi connectivity index (χ2n) is 6.23. The fourth-order valence-corrected chi connectivity index (χ4v) is 3.68. The molecule has 1 N–H and O–H groups in total. The molecule has 152 valence electrons. The van der Waals surface area contributed by atoms with Crippen molar-refractivity contribution in [1.82, 2.24) is 4.98 Å². The standard InChI is InChI=1S/C21H21FN2O4S/c1-12-5-6-13(10-16(12)22)9-14-11-23-21(29-14)24-20(25)15-7-8-17(26-2)19(28-4)18(15)27-3/h5-8,10-11H,9H2,1-4H3,(H,23,24,25). The number of hydrogen-bond acceptors (Lipinski definition) is 6. The molecule has 3 aromatic rings. The molecule has 2 aromatic carbocycles. The molecule has 0 radical (unpaired) electrons. The smallest absolute Gasteiger partial charge is 0.261 e. The van der Waals surface area contributed by atoms with Crippen LogP contribution in [0.4, 0.5) is 9.52 Å². The van der Waals surface area contributed by atoms with E-state index in [4.69, 9.17) is 14.2 Å². The fraction of sp³-hybridized carbons (Fsp3) is 0.238. The van der Waals surface area contributed by atoms with Crippen LogP contribution in [0.15, 0.2) is 36.5 Å². The van der Waals surface area contributed by atoms with Crippen LogP contribution in [0, 0.1) is 12.7 Å². The number of hydrogen-bond donors (Lipinski definition) is 1. The second-order valence-corrected chi connectivity index (χ2v) is 7.34. The number of ether oxygens (including phenoxy) is 3. The van der Waals surface area contributed by atoms with Crippen LogP contribution in [-0.4, -0.2) is 32.2 Å². The van der Waals surface area contributed by atoms with E-state index in [-0.39, 0.29) is 17.5 Å². The van der Waals surface area contributed by atoms with E-state index in [2.05, 4.69) is 10.3 Å². The number of halogens is 1. The number of benzene rings is 2. The summed E-state index contributed by atoms with van der Waals surface area (Å²) in [4.78, 5) is 17.9. The highest BCUT2D eigenvalue weighted by Crippen LogP contribution is 2.40. The minimum atomic E-state index is -0.384. The first-order valence-electron chi connectivity index (χ1n) is 8.76. The Balaban J connectivity index is 1.77. The van der Waals surface area contributed by atoms with Gasteiger partial charge in [-0.2, -0.15) is 0 Å². The maximum atomic E-state index is 13.7. The molecule has 8 heteroatoms. The Morgan fingerprint density at radius 1 is 1.10 bits per heavy atom. The summed E-state index contributed by atoms with van der Waals surface area (Å²) in [6, 6.07) is 8.37. The molecule has 0 fully saturated rings. The normalized spacial score (nSPS) is 10.5. The molecule has 0 aliphatic rings. The highest BCUT2D eigenvalue weighted by Gasteiger charge is 2.21. The number of aromatic nitrogens is 1. The number of carbonyl (C=O) groups excluding carboxylic acids is 1. The van der Waals surface area contributed by atoms with Crippen LogP contribution in [0.1, 0.15) is 26.4 Å². The Morgan fingerprint density at radius 2 is 1.86 bits per heavy atom. The van der Waals surface area contributed by atoms with Gasteiger partial charge in [-0.3, -0.25) is 10.1 Å². The van der Waals surface area contributed by atoms with E-state index in [1.807, 2.05) is 6.07 Å². The highest BCUT2D eigenvalue weighted by atomic mass is 32.1. The molecule has 0 aliphatic carbocycles. The van der Waals surface area contributed by atoms with E-state index in [0.29, 0.717) is 34.2 Å². The molecule has 0 spiro atoms. The molecule has 1 aromatic heterocycles. The third-order valence-electron chi connectivity index (χ3n) is 4.34. The van der Waals surface area contributed by atoms with Gasteiger partial charge in [0.2, 0.25) is 5.75 Å². The van der Waals surface area contributed by atoms with Crippen LogP contribution < -0.4 is 19.5 Å². The van der Waals surface area contributed by atoms with Crippen LogP contribution in [0.2, 0.25) is 0 Å². The van der Waals surface area contributed by atoms with Crippen molar-refractivity contribution < 1.29 is 23.4 Å². The molecule has 0 atom stereocenters. The van der Waals surface area contributed by atoms with Crippen molar-refractivity contribution in [2.24, 2.45) is 0 Å². The average molecular weight is 416 g/mol. The summed E-state index contributed by atoms with van der Waals surface area (Å²) in [5.74, 6) is 0.453. The molecule has 6 nitrogen and oxygen atoms in total. The summed E-state index contributed by atoms with van der Waals surface area (Å²) in [7, 11) is 4.44. The van der Waals surface area contributed by atoms with Crippen LogP contribution in [0.3, 0.4) is 0 Å². The average Bonchev–Trinajstić information content (AvgIpc) is 3.15. The number of rotatable bonds is 7. The maximum Gasteiger partial charge on any atom is 0.261 e. The Morgan fingerprint density at radius 3 is 2.52 bits per heavy atom. The van der Waals surface area contributed by atoms with Crippen molar-refractivity contribution in [3.63, 3.8) is 0 Å². The van der Waals surface area contributed by atoms with Gasteiger partial charge in [0.25, 0.3) is 5.91 Å². The van der Waals surface area contributed by atoms with Crippen molar-refractivity contribution >= 4 is 22.4 Å². The van der Waals surface area contributed by atoms with Gasteiger partial charge in [0.1, 0.15) is 5.82 Å². The first-order chi connectivity index (χ1) is 14.0. The first-order valence-corrected chi connectivity index (χ1v) is 9.58. The Hall–Kier alpha value is -3.13. The quantitative estimate of drug-likeness (QED) is 0.616. The lowest BCUT2D eigenvalue weighted by atomic mass is 10.1. The lowest BCUT2D eigenvalue weighted by Gasteiger charge is -2.15. The van der Waals surface area contributed by atoms with Crippen LogP contribution in [0.5, 0.6) is 17.2 Å². The van der Waals surface area contributed by atoms with E-state index < -0.39 is 0 Å². The van der Waals surface area contributed by atoms with E-state index in [1.165, 1.54) is 38.7 Å². The maximum absolute atomic E-state index is 13.7. The molecule has 29 heavy (non-hydrogen) atoms. The predicted octanol–water partition coefficient (Wildman–Crippen LogP) is 4.46. The molecule has 0 saturated heterocycles. The SMILES string of the molecule is COc1ccc(C(=O)Nc2ncc(Cc3ccc(C)c(F)c3)s2)c(OC)c1OC. The van der Waals surface area contributed by atoms with Gasteiger partial charge < -0.3 is 14.2 Å². The molecule has 1 heterocycles. The number of anilines is 1. The predicted molar refractivity (Wildman–Crippen MR) is 110 cm³/mol. The second kappa shape index (κ2) is 8.91. The molecule has 0 bridgehead atoms. The molecule has 1 amide bonds. The largest absolute Gasteiger partial charge is 0.493 e. The summed E-state index contributed by atoms with van der Waals surface area (Å²) < 4.78 is 29.6. The first kappa shape index (κ1) is 20.6. The van der Waals surface area contributed by atoms with Gasteiger partial charge in [0.15, 0.2) is 16.6 Å². The summed E-state index contributed by atoms with van der Waals surface area (Å²) >= 11 is 1.33. The molecular formula is C21H21FN2O4S. The number of aryl methyl sites for hydroxylation is 1. The lowest BCUT2D eigenvalue weighted by Crippen LogP contribution is -2.13. The zero-order valence-electron chi connectivity index (χ0n) is 16.5. The minimum absolute atomic E-state index is 0.235. The minimum Gasteiger partial charge on any atom is -0.493 e. The summed E-state index contributed by atoms with van der Waals surface area (Å²) in [5, 5.41) is 3.21. The third kappa shape index (κ3) is 4.48. The number of thiazole rings is 1. The van der Waals surface area contributed by atoms with Gasteiger partial charge in [-0.05, 0) is 36.2 Å². The number of methoxy groups -OCH3 is 3. The number of amides is 1. The number of nitrogens with one attached hydrogen (secondary N) is 1. The van der Waals surface area contributed by atoms with Crippen LogP contribution in [-0.2, 0) is 6.42 Å². The van der Waals surface area contributed by atoms with Crippen molar-refractivity contribution in [2.45, 2.75) is 13.3 Å². The highest BCUT2D eigenvalue weighted by molar-refractivity contribution is 7.15. The summed E-state index contributed by atoms with van der Waals surface area (Å²) in [6.07, 6.45) is 2.20. The molecule has 0 aliphatic heterocycles. The number of nitrogens with zero attached hydrogens (tertiary/aromatic N) is 1. The van der Waals surface area contributed by atoms with Crippen molar-refractivity contribution in [1.29, 1.82) is 0 Å². The van der Waals surface area contributed by atoms with E-state index in [0.717, 1.165) is 10.4 Å². The van der Waals surface area contributed by atoms with Gasteiger partial charge in [-0.15, -0.1) is 11.3 Å². The van der Waals surface area contributed by atoms with E-state index in [9.17, 15) is 9.18 Å². The summed E-state index contributed by atoms with van der Waals surface area (Å²) in [5.41, 5.74) is 1.74. The monoisotopic (exact) mass is 416 g/mol. The lowest BCUT2D eigenvalue weighted by molar-refractivity contribution is 0.102. The van der Waals surface area contributed by atoms with Gasteiger partial charge in [0.05, 0.1) is 26.9 Å². The third-order valence-corrected chi connectivity index (χ3v) is 5.25. The van der Waals surface area contributed by atoms with Crippen molar-refractivity contribution in [3.05, 3.63) is 63.9 Å². The topological polar surface area (TPSA) is 69.7 Å². The number of carbonyl (C=O) groups is 1. The zero-order chi connectivity index (χ0) is 21.0. The molecule has 3 rings (SSSR count). The Kier molecular flexibility index (Phi) is 6.33. The van der Waals surface area contributed by atoms with Gasteiger partial charge in [0, 0.05) is 17.5 Å². The van der Waals surface area contributed by atoms with Gasteiger partial charge >= 0.3 is 0 Å².